The fraction of sp³-hybridized carbons (Fsp3) is 0.500. The third kappa shape index (κ3) is 1.95. The van der Waals surface area contributed by atoms with Crippen molar-refractivity contribution in [3.8, 4) is 0 Å². The van der Waals surface area contributed by atoms with E-state index in [0.717, 1.165) is 25.2 Å². The molecule has 3 rings (SSSR count). The number of amides is 1. The maximum absolute atomic E-state index is 11.9. The highest BCUT2D eigenvalue weighted by atomic mass is 16.2. The summed E-state index contributed by atoms with van der Waals surface area (Å²) in [5.74, 6) is 0.204. The standard InChI is InChI=1S/C14H18N2O/c17-14-10-15-8-9-16(14)13-7-3-5-11-4-1-2-6-12(11)13/h3,5,7,15H,1-2,4,6,8-10H2. The van der Waals surface area contributed by atoms with Gasteiger partial charge in [0.15, 0.2) is 0 Å². The molecule has 0 bridgehead atoms. The summed E-state index contributed by atoms with van der Waals surface area (Å²) in [4.78, 5) is 13.9. The Morgan fingerprint density at radius 2 is 2.06 bits per heavy atom. The Kier molecular flexibility index (Phi) is 2.85. The van der Waals surface area contributed by atoms with Gasteiger partial charge in [-0.25, -0.2) is 0 Å². The van der Waals surface area contributed by atoms with Gasteiger partial charge in [0.05, 0.1) is 6.54 Å². The van der Waals surface area contributed by atoms with Crippen LogP contribution in [0.15, 0.2) is 18.2 Å². The highest BCUT2D eigenvalue weighted by Gasteiger charge is 2.23. The number of rotatable bonds is 1. The van der Waals surface area contributed by atoms with Crippen LogP contribution in [0.5, 0.6) is 0 Å². The van der Waals surface area contributed by atoms with Crippen LogP contribution < -0.4 is 10.2 Å². The van der Waals surface area contributed by atoms with Crippen LogP contribution in [0.3, 0.4) is 0 Å². The van der Waals surface area contributed by atoms with Crippen LogP contribution >= 0.6 is 0 Å². The van der Waals surface area contributed by atoms with Crippen molar-refractivity contribution in [3.63, 3.8) is 0 Å². The van der Waals surface area contributed by atoms with Crippen LogP contribution in [0.2, 0.25) is 0 Å². The average Bonchev–Trinajstić information content (AvgIpc) is 2.39. The second kappa shape index (κ2) is 4.49. The number of aryl methyl sites for hydroxylation is 1. The third-order valence-electron chi connectivity index (χ3n) is 3.75. The summed E-state index contributed by atoms with van der Waals surface area (Å²) in [6.45, 7) is 2.17. The minimum atomic E-state index is 0.204. The van der Waals surface area contributed by atoms with E-state index in [9.17, 15) is 4.79 Å². The number of hydrogen-bond acceptors (Lipinski definition) is 2. The molecule has 2 aliphatic rings. The summed E-state index contributed by atoms with van der Waals surface area (Å²) >= 11 is 0. The molecule has 1 aromatic rings. The van der Waals surface area contributed by atoms with Crippen LogP contribution in [0.1, 0.15) is 24.0 Å². The number of carbonyl (C=O) groups excluding carboxylic acids is 1. The number of nitrogens with one attached hydrogen (secondary N) is 1. The van der Waals surface area contributed by atoms with Gasteiger partial charge in [-0.05, 0) is 42.9 Å². The molecule has 1 N–H and O–H groups in total. The minimum Gasteiger partial charge on any atom is -0.310 e. The Morgan fingerprint density at radius 1 is 1.18 bits per heavy atom. The molecule has 1 aromatic carbocycles. The van der Waals surface area contributed by atoms with Gasteiger partial charge in [0, 0.05) is 18.8 Å². The van der Waals surface area contributed by atoms with Crippen molar-refractivity contribution in [2.45, 2.75) is 25.7 Å². The molecule has 1 aliphatic carbocycles. The molecule has 1 fully saturated rings. The van der Waals surface area contributed by atoms with Gasteiger partial charge in [-0.3, -0.25) is 4.79 Å². The summed E-state index contributed by atoms with van der Waals surface area (Å²) in [5, 5.41) is 3.12. The van der Waals surface area contributed by atoms with E-state index in [-0.39, 0.29) is 5.91 Å². The second-order valence-electron chi connectivity index (χ2n) is 4.84. The van der Waals surface area contributed by atoms with Gasteiger partial charge < -0.3 is 10.2 Å². The molecular formula is C14H18N2O. The SMILES string of the molecule is O=C1CNCCN1c1cccc2c1CCCC2. The van der Waals surface area contributed by atoms with Crippen molar-refractivity contribution in [2.75, 3.05) is 24.5 Å². The van der Waals surface area contributed by atoms with E-state index in [1.54, 1.807) is 0 Å². The molecule has 17 heavy (non-hydrogen) atoms. The largest absolute Gasteiger partial charge is 0.310 e. The molecular weight excluding hydrogens is 212 g/mol. The van der Waals surface area contributed by atoms with E-state index in [1.807, 2.05) is 4.90 Å². The predicted molar refractivity (Wildman–Crippen MR) is 68.3 cm³/mol. The Balaban J connectivity index is 1.99. The minimum absolute atomic E-state index is 0.204. The first-order chi connectivity index (χ1) is 8.36. The average molecular weight is 230 g/mol. The van der Waals surface area contributed by atoms with Gasteiger partial charge in [-0.15, -0.1) is 0 Å². The van der Waals surface area contributed by atoms with Crippen LogP contribution in [0.25, 0.3) is 0 Å². The fourth-order valence-electron chi connectivity index (χ4n) is 2.88. The predicted octanol–water partition coefficient (Wildman–Crippen LogP) is 1.50. The van der Waals surface area contributed by atoms with E-state index in [0.29, 0.717) is 6.54 Å². The molecule has 0 aromatic heterocycles. The Morgan fingerprint density at radius 3 is 2.94 bits per heavy atom. The Bertz CT molecular complexity index is 442. The lowest BCUT2D eigenvalue weighted by Crippen LogP contribution is -2.48. The van der Waals surface area contributed by atoms with E-state index in [1.165, 1.54) is 30.4 Å². The first kappa shape index (κ1) is 10.8. The van der Waals surface area contributed by atoms with Crippen LogP contribution in [-0.4, -0.2) is 25.5 Å². The summed E-state index contributed by atoms with van der Waals surface area (Å²) in [6.07, 6.45) is 4.84. The van der Waals surface area contributed by atoms with Gasteiger partial charge in [0.25, 0.3) is 0 Å². The molecule has 1 aliphatic heterocycles. The lowest BCUT2D eigenvalue weighted by Gasteiger charge is -2.31. The van der Waals surface area contributed by atoms with Crippen molar-refractivity contribution < 1.29 is 4.79 Å². The number of anilines is 1. The Hall–Kier alpha value is -1.35. The zero-order valence-electron chi connectivity index (χ0n) is 10.0. The van der Waals surface area contributed by atoms with Crippen LogP contribution in [0.4, 0.5) is 5.69 Å². The Labute approximate surface area is 102 Å². The lowest BCUT2D eigenvalue weighted by atomic mass is 9.90. The molecule has 0 spiro atoms. The zero-order valence-corrected chi connectivity index (χ0v) is 10.0. The van der Waals surface area contributed by atoms with E-state index in [2.05, 4.69) is 23.5 Å². The maximum atomic E-state index is 11.9. The van der Waals surface area contributed by atoms with Gasteiger partial charge >= 0.3 is 0 Å². The van der Waals surface area contributed by atoms with Crippen molar-refractivity contribution in [2.24, 2.45) is 0 Å². The normalized spacial score (nSPS) is 20.2. The first-order valence-corrected chi connectivity index (χ1v) is 6.48. The van der Waals surface area contributed by atoms with Crippen LogP contribution in [0, 0.1) is 0 Å². The van der Waals surface area contributed by atoms with Crippen molar-refractivity contribution >= 4 is 11.6 Å². The summed E-state index contributed by atoms with van der Waals surface area (Å²) in [7, 11) is 0. The number of nitrogens with zero attached hydrogens (tertiary/aromatic N) is 1. The zero-order chi connectivity index (χ0) is 11.7. The highest BCUT2D eigenvalue weighted by Crippen LogP contribution is 2.30. The van der Waals surface area contributed by atoms with E-state index >= 15 is 0 Å². The molecule has 3 heteroatoms. The number of hydrogen-bond donors (Lipinski definition) is 1. The van der Waals surface area contributed by atoms with E-state index in [4.69, 9.17) is 0 Å². The smallest absolute Gasteiger partial charge is 0.240 e. The maximum Gasteiger partial charge on any atom is 0.240 e. The first-order valence-electron chi connectivity index (χ1n) is 6.48. The van der Waals surface area contributed by atoms with Crippen LogP contribution in [-0.2, 0) is 17.6 Å². The summed E-state index contributed by atoms with van der Waals surface area (Å²) in [5.41, 5.74) is 4.02. The number of piperazine rings is 1. The third-order valence-corrected chi connectivity index (χ3v) is 3.75. The number of carbonyl (C=O) groups is 1. The van der Waals surface area contributed by atoms with Gasteiger partial charge in [-0.2, -0.15) is 0 Å². The molecule has 1 saturated heterocycles. The lowest BCUT2D eigenvalue weighted by molar-refractivity contribution is -0.118. The molecule has 0 unspecified atom stereocenters. The van der Waals surface area contributed by atoms with E-state index < -0.39 is 0 Å². The van der Waals surface area contributed by atoms with Gasteiger partial charge in [-0.1, -0.05) is 12.1 Å². The molecule has 0 radical (unpaired) electrons. The summed E-state index contributed by atoms with van der Waals surface area (Å²) < 4.78 is 0. The molecule has 90 valence electrons. The molecule has 1 amide bonds. The fourth-order valence-corrected chi connectivity index (χ4v) is 2.88. The molecule has 0 saturated carbocycles. The van der Waals surface area contributed by atoms with Crippen molar-refractivity contribution in [1.82, 2.24) is 5.32 Å². The molecule has 1 heterocycles. The quantitative estimate of drug-likeness (QED) is 0.793. The summed E-state index contributed by atoms with van der Waals surface area (Å²) in [6, 6.07) is 6.41. The second-order valence-corrected chi connectivity index (χ2v) is 4.84. The highest BCUT2D eigenvalue weighted by molar-refractivity contribution is 5.96. The molecule has 3 nitrogen and oxygen atoms in total. The van der Waals surface area contributed by atoms with Gasteiger partial charge in [0.1, 0.15) is 0 Å². The number of fused-ring (bicyclic) bond motifs is 1. The monoisotopic (exact) mass is 230 g/mol. The number of benzene rings is 1. The van der Waals surface area contributed by atoms with Crippen molar-refractivity contribution in [1.29, 1.82) is 0 Å². The van der Waals surface area contributed by atoms with Gasteiger partial charge in [0.2, 0.25) is 5.91 Å². The van der Waals surface area contributed by atoms with Crippen molar-refractivity contribution in [3.05, 3.63) is 29.3 Å². The molecule has 0 atom stereocenters. The topological polar surface area (TPSA) is 32.3 Å².